The second kappa shape index (κ2) is 6.74. The Labute approximate surface area is 141 Å². The van der Waals surface area contributed by atoms with Crippen LogP contribution in [0.15, 0.2) is 48.7 Å². The van der Waals surface area contributed by atoms with Crippen LogP contribution in [0.25, 0.3) is 5.57 Å². The summed E-state index contributed by atoms with van der Waals surface area (Å²) in [6.45, 7) is 6.17. The number of rotatable bonds is 5. The van der Waals surface area contributed by atoms with Gasteiger partial charge in [-0.05, 0) is 56.3 Å². The second-order valence-corrected chi connectivity index (χ2v) is 5.57. The predicted octanol–water partition coefficient (Wildman–Crippen LogP) is 4.08. The maximum atomic E-state index is 13.2. The zero-order chi connectivity index (χ0) is 17.1. The van der Waals surface area contributed by atoms with Crippen molar-refractivity contribution in [3.8, 4) is 0 Å². The minimum atomic E-state index is -0.366. The number of nitrogens with zero attached hydrogens (tertiary/aromatic N) is 1. The third-order valence-electron chi connectivity index (χ3n) is 4.14. The molecule has 0 aliphatic carbocycles. The van der Waals surface area contributed by atoms with Crippen LogP contribution in [0.5, 0.6) is 0 Å². The van der Waals surface area contributed by atoms with Gasteiger partial charge in [0.2, 0.25) is 0 Å². The monoisotopic (exact) mass is 325 g/mol. The predicted molar refractivity (Wildman–Crippen MR) is 96.6 cm³/mol. The van der Waals surface area contributed by atoms with Crippen LogP contribution in [0, 0.1) is 5.82 Å². The fourth-order valence-corrected chi connectivity index (χ4v) is 2.82. The molecule has 0 unspecified atom stereocenters. The van der Waals surface area contributed by atoms with Crippen LogP contribution in [0.2, 0.25) is 0 Å². The fraction of sp³-hybridized carbons (Fsp3) is 0.211. The zero-order valence-electron chi connectivity index (χ0n) is 13.8. The number of carbonyl (C=O) groups excluding carboxylic acids is 1. The lowest BCUT2D eigenvalue weighted by Gasteiger charge is -2.21. The number of amides is 1. The number of anilines is 3. The molecule has 1 aliphatic heterocycles. The van der Waals surface area contributed by atoms with Gasteiger partial charge in [0.15, 0.2) is 0 Å². The Bertz CT molecular complexity index is 780. The third-order valence-corrected chi connectivity index (χ3v) is 4.14. The quantitative estimate of drug-likeness (QED) is 0.814. The van der Waals surface area contributed by atoms with Gasteiger partial charge in [-0.3, -0.25) is 4.79 Å². The smallest absolute Gasteiger partial charge is 0.257 e. The molecule has 2 aromatic rings. The first-order chi connectivity index (χ1) is 11.6. The van der Waals surface area contributed by atoms with Gasteiger partial charge in [-0.2, -0.15) is 0 Å². The highest BCUT2D eigenvalue weighted by Crippen LogP contribution is 2.32. The molecule has 124 valence electrons. The molecular formula is C19H20FN3O. The van der Waals surface area contributed by atoms with E-state index in [1.807, 2.05) is 24.3 Å². The summed E-state index contributed by atoms with van der Waals surface area (Å²) in [5, 5.41) is 5.81. The molecule has 0 atom stereocenters. The first-order valence-electron chi connectivity index (χ1n) is 8.05. The van der Waals surface area contributed by atoms with Gasteiger partial charge in [-0.25, -0.2) is 4.39 Å². The van der Waals surface area contributed by atoms with Crippen LogP contribution in [-0.2, 0) is 4.79 Å². The van der Waals surface area contributed by atoms with Gasteiger partial charge in [-0.15, -0.1) is 0 Å². The summed E-state index contributed by atoms with van der Waals surface area (Å²) in [6, 6.07) is 12.3. The normalized spacial score (nSPS) is 14.5. The first kappa shape index (κ1) is 16.1. The lowest BCUT2D eigenvalue weighted by Crippen LogP contribution is -2.21. The number of fused-ring (bicyclic) bond motifs is 1. The Hall–Kier alpha value is -2.82. The Morgan fingerprint density at radius 3 is 2.50 bits per heavy atom. The molecular weight excluding hydrogens is 305 g/mol. The molecule has 24 heavy (non-hydrogen) atoms. The molecule has 0 saturated carbocycles. The van der Waals surface area contributed by atoms with Crippen molar-refractivity contribution in [3.05, 3.63) is 60.0 Å². The van der Waals surface area contributed by atoms with Gasteiger partial charge in [0, 0.05) is 36.2 Å². The molecule has 2 aromatic carbocycles. The van der Waals surface area contributed by atoms with Crippen molar-refractivity contribution in [2.75, 3.05) is 28.6 Å². The highest BCUT2D eigenvalue weighted by molar-refractivity contribution is 6.31. The SMILES string of the molecule is CCN(CC)c1ccc(NC=C2C(=O)Nc3cc(F)ccc32)cc1. The average Bonchev–Trinajstić information content (AvgIpc) is 2.89. The van der Waals surface area contributed by atoms with Crippen LogP contribution >= 0.6 is 0 Å². The number of hydrogen-bond donors (Lipinski definition) is 2. The maximum Gasteiger partial charge on any atom is 0.257 e. The van der Waals surface area contributed by atoms with Gasteiger partial charge in [0.05, 0.1) is 11.3 Å². The number of carbonyl (C=O) groups is 1. The van der Waals surface area contributed by atoms with E-state index in [9.17, 15) is 9.18 Å². The lowest BCUT2D eigenvalue weighted by atomic mass is 10.1. The third kappa shape index (κ3) is 3.11. The zero-order valence-corrected chi connectivity index (χ0v) is 13.8. The van der Waals surface area contributed by atoms with E-state index in [0.29, 0.717) is 16.8 Å². The minimum Gasteiger partial charge on any atom is -0.372 e. The van der Waals surface area contributed by atoms with Crippen molar-refractivity contribution in [1.29, 1.82) is 0 Å². The van der Waals surface area contributed by atoms with Crippen molar-refractivity contribution in [2.24, 2.45) is 0 Å². The van der Waals surface area contributed by atoms with E-state index in [-0.39, 0.29) is 11.7 Å². The molecule has 2 N–H and O–H groups in total. The summed E-state index contributed by atoms with van der Waals surface area (Å²) in [6.07, 6.45) is 1.66. The summed E-state index contributed by atoms with van der Waals surface area (Å²) >= 11 is 0. The van der Waals surface area contributed by atoms with E-state index in [2.05, 4.69) is 29.4 Å². The van der Waals surface area contributed by atoms with E-state index in [0.717, 1.165) is 24.5 Å². The Kier molecular flexibility index (Phi) is 4.51. The summed E-state index contributed by atoms with van der Waals surface area (Å²) < 4.78 is 13.2. The number of benzene rings is 2. The lowest BCUT2D eigenvalue weighted by molar-refractivity contribution is -0.110. The highest BCUT2D eigenvalue weighted by atomic mass is 19.1. The molecule has 0 fully saturated rings. The maximum absolute atomic E-state index is 13.2. The van der Waals surface area contributed by atoms with Crippen LogP contribution in [0.4, 0.5) is 21.5 Å². The Balaban J connectivity index is 1.78. The van der Waals surface area contributed by atoms with Gasteiger partial charge in [0.25, 0.3) is 5.91 Å². The molecule has 0 bridgehead atoms. The number of hydrogen-bond acceptors (Lipinski definition) is 3. The number of halogens is 1. The standard InChI is InChI=1S/C19H20FN3O/c1-3-23(4-2)15-8-6-14(7-9-15)21-12-17-16-10-5-13(20)11-18(16)22-19(17)24/h5-12,21H,3-4H2,1-2H3,(H,22,24). The first-order valence-corrected chi connectivity index (χ1v) is 8.05. The Morgan fingerprint density at radius 1 is 1.12 bits per heavy atom. The number of nitrogens with one attached hydrogen (secondary N) is 2. The van der Waals surface area contributed by atoms with E-state index in [1.165, 1.54) is 12.1 Å². The fourth-order valence-electron chi connectivity index (χ4n) is 2.82. The molecule has 0 radical (unpaired) electrons. The van der Waals surface area contributed by atoms with Crippen molar-refractivity contribution in [2.45, 2.75) is 13.8 Å². The van der Waals surface area contributed by atoms with Crippen molar-refractivity contribution < 1.29 is 9.18 Å². The summed E-state index contributed by atoms with van der Waals surface area (Å²) in [5.74, 6) is -0.599. The van der Waals surface area contributed by atoms with Crippen molar-refractivity contribution in [1.82, 2.24) is 0 Å². The van der Waals surface area contributed by atoms with Crippen LogP contribution in [0.1, 0.15) is 19.4 Å². The molecule has 1 amide bonds. The van der Waals surface area contributed by atoms with Gasteiger partial charge < -0.3 is 15.5 Å². The molecule has 1 heterocycles. The van der Waals surface area contributed by atoms with Crippen LogP contribution in [-0.4, -0.2) is 19.0 Å². The largest absolute Gasteiger partial charge is 0.372 e. The minimum absolute atomic E-state index is 0.233. The summed E-state index contributed by atoms with van der Waals surface area (Å²) in [5.41, 5.74) is 3.76. The van der Waals surface area contributed by atoms with Gasteiger partial charge >= 0.3 is 0 Å². The molecule has 3 rings (SSSR count). The summed E-state index contributed by atoms with van der Waals surface area (Å²) in [7, 11) is 0. The van der Waals surface area contributed by atoms with E-state index < -0.39 is 0 Å². The Morgan fingerprint density at radius 2 is 1.83 bits per heavy atom. The molecule has 0 saturated heterocycles. The molecule has 0 spiro atoms. The molecule has 4 nitrogen and oxygen atoms in total. The molecule has 5 heteroatoms. The van der Waals surface area contributed by atoms with Gasteiger partial charge in [0.1, 0.15) is 5.82 Å². The molecule has 0 aromatic heterocycles. The summed E-state index contributed by atoms with van der Waals surface area (Å²) in [4.78, 5) is 14.3. The molecule has 1 aliphatic rings. The van der Waals surface area contributed by atoms with Crippen molar-refractivity contribution in [3.63, 3.8) is 0 Å². The van der Waals surface area contributed by atoms with Crippen LogP contribution in [0.3, 0.4) is 0 Å². The van der Waals surface area contributed by atoms with Crippen LogP contribution < -0.4 is 15.5 Å². The van der Waals surface area contributed by atoms with E-state index in [4.69, 9.17) is 0 Å². The topological polar surface area (TPSA) is 44.4 Å². The van der Waals surface area contributed by atoms with E-state index >= 15 is 0 Å². The highest BCUT2D eigenvalue weighted by Gasteiger charge is 2.24. The van der Waals surface area contributed by atoms with Gasteiger partial charge in [-0.1, -0.05) is 0 Å². The average molecular weight is 325 g/mol. The van der Waals surface area contributed by atoms with Crippen molar-refractivity contribution >= 4 is 28.5 Å². The van der Waals surface area contributed by atoms with E-state index in [1.54, 1.807) is 12.3 Å². The second-order valence-electron chi connectivity index (χ2n) is 5.57.